The molecule has 1 aliphatic rings. The van der Waals surface area contributed by atoms with Crippen molar-refractivity contribution in [3.8, 4) is 0 Å². The lowest BCUT2D eigenvalue weighted by atomic mass is 9.90. The van der Waals surface area contributed by atoms with Crippen LogP contribution in [0.2, 0.25) is 0 Å². The molecule has 0 saturated carbocycles. The predicted molar refractivity (Wildman–Crippen MR) is 142 cm³/mol. The Hall–Kier alpha value is -3.12. The molecule has 0 aromatic heterocycles. The van der Waals surface area contributed by atoms with Crippen LogP contribution in [0.15, 0.2) is 4.99 Å². The number of hydrazine groups is 1. The molecule has 1 heterocycles. The van der Waals surface area contributed by atoms with Gasteiger partial charge in [-0.15, -0.1) is 0 Å². The van der Waals surface area contributed by atoms with Crippen molar-refractivity contribution < 1.29 is 28.9 Å². The van der Waals surface area contributed by atoms with Crippen LogP contribution in [0.25, 0.3) is 0 Å². The molecular weight excluding hydrogens is 496 g/mol. The summed E-state index contributed by atoms with van der Waals surface area (Å²) in [6, 6.07) is -1.33. The van der Waals surface area contributed by atoms with Gasteiger partial charge >= 0.3 is 12.1 Å². The Morgan fingerprint density at radius 1 is 1.11 bits per heavy atom. The lowest BCUT2D eigenvalue weighted by Gasteiger charge is -2.35. The summed E-state index contributed by atoms with van der Waals surface area (Å²) in [5.74, 6) is -0.287. The fourth-order valence-electron chi connectivity index (χ4n) is 4.40. The molecule has 38 heavy (non-hydrogen) atoms. The number of carbonyl (C=O) groups is 3. The van der Waals surface area contributed by atoms with E-state index in [1.165, 1.54) is 0 Å². The molecule has 0 radical (unpaired) electrons. The van der Waals surface area contributed by atoms with Crippen LogP contribution in [0, 0.1) is 16.0 Å². The quantitative estimate of drug-likeness (QED) is 0.0784. The number of nitrogens with two attached hydrogens (primary N) is 2. The zero-order chi connectivity index (χ0) is 28.7. The van der Waals surface area contributed by atoms with Crippen molar-refractivity contribution in [2.24, 2.45) is 22.4 Å². The monoisotopic (exact) mass is 542 g/mol. The van der Waals surface area contributed by atoms with Crippen LogP contribution in [0.1, 0.15) is 91.9 Å². The topological polar surface area (TPSA) is 184 Å². The zero-order valence-electron chi connectivity index (χ0n) is 23.4. The number of carbonyl (C=O) groups excluding carboxylic acids is 3. The second kappa shape index (κ2) is 16.7. The molecule has 4 N–H and O–H groups in total. The molecule has 13 heteroatoms. The molecule has 218 valence electrons. The van der Waals surface area contributed by atoms with Gasteiger partial charge < -0.3 is 25.8 Å². The van der Waals surface area contributed by atoms with Crippen LogP contribution in [0.5, 0.6) is 0 Å². The highest BCUT2D eigenvalue weighted by Crippen LogP contribution is 2.25. The number of hydrogen-bond acceptors (Lipinski definition) is 8. The van der Waals surface area contributed by atoms with E-state index in [0.717, 1.165) is 44.9 Å². The van der Waals surface area contributed by atoms with Gasteiger partial charge in [0, 0.05) is 26.1 Å². The number of unbranched alkanes of at least 4 members (excludes halogenated alkanes) is 3. The first kappa shape index (κ1) is 32.9. The standard InChI is InChI=1S/C25H46N6O7/c1-5-37-21(32)13-9-7-6-8-11-19-14-17-29(18-15-19)22(33)20(12-10-16-28-23(26)27)30(31(35)36)24(34)38-25(2,3)4/h19-20H,5-18H2,1-4H3,(H4,26,27,28)/t20-/m0/s1. The minimum Gasteiger partial charge on any atom is -0.466 e. The second-order valence-electron chi connectivity index (χ2n) is 10.6. The maximum Gasteiger partial charge on any atom is 0.469 e. The van der Waals surface area contributed by atoms with E-state index in [1.807, 2.05) is 0 Å². The molecular formula is C25H46N6O7. The van der Waals surface area contributed by atoms with Gasteiger partial charge in [-0.1, -0.05) is 25.7 Å². The lowest BCUT2D eigenvalue weighted by Crippen LogP contribution is -2.55. The van der Waals surface area contributed by atoms with Crippen molar-refractivity contribution in [1.82, 2.24) is 9.91 Å². The Labute approximate surface area is 225 Å². The van der Waals surface area contributed by atoms with Crippen molar-refractivity contribution in [2.45, 2.75) is 104 Å². The number of piperidine rings is 1. The highest BCUT2D eigenvalue weighted by Gasteiger charge is 2.43. The molecule has 0 unspecified atom stereocenters. The van der Waals surface area contributed by atoms with Gasteiger partial charge in [-0.2, -0.15) is 0 Å². The van der Waals surface area contributed by atoms with E-state index < -0.39 is 28.7 Å². The maximum absolute atomic E-state index is 13.4. The van der Waals surface area contributed by atoms with Crippen molar-refractivity contribution in [3.63, 3.8) is 0 Å². The summed E-state index contributed by atoms with van der Waals surface area (Å²) in [6.45, 7) is 8.12. The molecule has 1 atom stereocenters. The average molecular weight is 543 g/mol. The van der Waals surface area contributed by atoms with Crippen LogP contribution in [0.3, 0.4) is 0 Å². The number of guanidine groups is 1. The molecule has 0 bridgehead atoms. The molecule has 1 rings (SSSR count). The highest BCUT2D eigenvalue weighted by atomic mass is 16.7. The SMILES string of the molecule is CCOC(=O)CCCCCCC1CCN(C(=O)[C@H](CCCN=C(N)N)N(C(=O)OC(C)(C)C)[N+](=O)[O-])CC1. The third kappa shape index (κ3) is 12.9. The van der Waals surface area contributed by atoms with Crippen molar-refractivity contribution in [1.29, 1.82) is 0 Å². The van der Waals surface area contributed by atoms with Gasteiger partial charge in [0.05, 0.1) is 6.61 Å². The number of nitrogens with zero attached hydrogens (tertiary/aromatic N) is 4. The van der Waals surface area contributed by atoms with Gasteiger partial charge in [-0.3, -0.25) is 14.6 Å². The third-order valence-corrected chi connectivity index (χ3v) is 6.24. The first-order chi connectivity index (χ1) is 17.9. The first-order valence-corrected chi connectivity index (χ1v) is 13.5. The maximum atomic E-state index is 13.4. The van der Waals surface area contributed by atoms with E-state index in [2.05, 4.69) is 4.99 Å². The molecule has 13 nitrogen and oxygen atoms in total. The van der Waals surface area contributed by atoms with Crippen LogP contribution in [-0.4, -0.2) is 76.8 Å². The number of aliphatic imine (C=N–C) groups is 1. The Morgan fingerprint density at radius 2 is 1.74 bits per heavy atom. The highest BCUT2D eigenvalue weighted by molar-refractivity contribution is 5.85. The smallest absolute Gasteiger partial charge is 0.466 e. The molecule has 0 aromatic carbocycles. The average Bonchev–Trinajstić information content (AvgIpc) is 2.81. The van der Waals surface area contributed by atoms with Gasteiger partial charge in [0.1, 0.15) is 5.60 Å². The first-order valence-electron chi connectivity index (χ1n) is 13.5. The van der Waals surface area contributed by atoms with Crippen LogP contribution < -0.4 is 11.5 Å². The summed E-state index contributed by atoms with van der Waals surface area (Å²) in [5.41, 5.74) is 9.73. The van der Waals surface area contributed by atoms with Crippen molar-refractivity contribution in [2.75, 3.05) is 26.2 Å². The summed E-state index contributed by atoms with van der Waals surface area (Å²) in [5, 5.41) is 11.3. The van der Waals surface area contributed by atoms with Crippen LogP contribution in [-0.2, 0) is 19.1 Å². The fourth-order valence-corrected chi connectivity index (χ4v) is 4.40. The van der Waals surface area contributed by atoms with E-state index in [0.29, 0.717) is 37.0 Å². The molecule has 1 saturated heterocycles. The normalized spacial score (nSPS) is 14.9. The van der Waals surface area contributed by atoms with E-state index in [4.69, 9.17) is 20.9 Å². The molecule has 1 aliphatic heterocycles. The van der Waals surface area contributed by atoms with E-state index in [1.54, 1.807) is 32.6 Å². The Kier molecular flexibility index (Phi) is 14.4. The molecule has 2 amide bonds. The van der Waals surface area contributed by atoms with E-state index in [-0.39, 0.29) is 31.3 Å². The minimum absolute atomic E-state index is 0.0154. The second-order valence-corrected chi connectivity index (χ2v) is 10.6. The van der Waals surface area contributed by atoms with Gasteiger partial charge in [0.25, 0.3) is 5.91 Å². The van der Waals surface area contributed by atoms with Crippen molar-refractivity contribution in [3.05, 3.63) is 10.1 Å². The minimum atomic E-state index is -1.33. The number of esters is 1. The third-order valence-electron chi connectivity index (χ3n) is 6.24. The fraction of sp³-hybridized carbons (Fsp3) is 0.840. The zero-order valence-corrected chi connectivity index (χ0v) is 23.4. The number of hydrogen-bond donors (Lipinski definition) is 2. The number of ether oxygens (including phenoxy) is 2. The Bertz CT molecular complexity index is 803. The van der Waals surface area contributed by atoms with E-state index >= 15 is 0 Å². The van der Waals surface area contributed by atoms with Gasteiger partial charge in [-0.05, 0) is 70.7 Å². The number of likely N-dealkylation sites (tertiary alicyclic amines) is 1. The molecule has 0 aromatic rings. The number of nitro groups is 1. The molecule has 0 spiro atoms. The Morgan fingerprint density at radius 3 is 2.29 bits per heavy atom. The Balaban J connectivity index is 2.69. The van der Waals surface area contributed by atoms with Gasteiger partial charge in [0.15, 0.2) is 17.0 Å². The van der Waals surface area contributed by atoms with Gasteiger partial charge in [0.2, 0.25) is 0 Å². The molecule has 0 aliphatic carbocycles. The molecule has 1 fully saturated rings. The number of rotatable bonds is 15. The van der Waals surface area contributed by atoms with E-state index in [9.17, 15) is 24.5 Å². The number of amides is 2. The largest absolute Gasteiger partial charge is 0.469 e. The predicted octanol–water partition coefficient (Wildman–Crippen LogP) is 2.98. The summed E-state index contributed by atoms with van der Waals surface area (Å²) in [7, 11) is 0. The van der Waals surface area contributed by atoms with Crippen LogP contribution in [0.4, 0.5) is 4.79 Å². The summed E-state index contributed by atoms with van der Waals surface area (Å²) >= 11 is 0. The lowest BCUT2D eigenvalue weighted by molar-refractivity contribution is -0.641. The summed E-state index contributed by atoms with van der Waals surface area (Å²) in [6.07, 6.45) is 6.04. The van der Waals surface area contributed by atoms with Crippen molar-refractivity contribution >= 4 is 23.9 Å². The van der Waals surface area contributed by atoms with Gasteiger partial charge in [-0.25, -0.2) is 14.9 Å². The van der Waals surface area contributed by atoms with Crippen LogP contribution >= 0.6 is 0 Å². The summed E-state index contributed by atoms with van der Waals surface area (Å²) < 4.78 is 10.2. The summed E-state index contributed by atoms with van der Waals surface area (Å²) in [4.78, 5) is 54.9.